The van der Waals surface area contributed by atoms with Gasteiger partial charge in [0, 0.05) is 44.7 Å². The molecule has 1 heterocycles. The van der Waals surface area contributed by atoms with Crippen LogP contribution < -0.4 is 5.73 Å². The molecule has 6 nitrogen and oxygen atoms in total. The summed E-state index contributed by atoms with van der Waals surface area (Å²) < 4.78 is 45.8. The summed E-state index contributed by atoms with van der Waals surface area (Å²) in [4.78, 5) is 15.1. The monoisotopic (exact) mass is 548 g/mol. The largest absolute Gasteiger partial charge is 0.416 e. The number of halogens is 3. The highest BCUT2D eigenvalue weighted by molar-refractivity contribution is 5.79. The number of carbonyl (C=O) groups excluding carboxylic acids is 1. The zero-order chi connectivity index (χ0) is 28.2. The summed E-state index contributed by atoms with van der Waals surface area (Å²) in [7, 11) is 1.62. The molecular formula is C30H39F3N2O4. The molecule has 1 amide bonds. The second-order valence-electron chi connectivity index (χ2n) is 11.0. The number of aliphatic hydroxyl groups is 2. The van der Waals surface area contributed by atoms with Crippen molar-refractivity contribution in [3.8, 4) is 11.1 Å². The van der Waals surface area contributed by atoms with Crippen molar-refractivity contribution < 1.29 is 32.9 Å². The lowest BCUT2D eigenvalue weighted by atomic mass is 9.72. The van der Waals surface area contributed by atoms with E-state index in [4.69, 9.17) is 10.5 Å². The van der Waals surface area contributed by atoms with E-state index in [0.29, 0.717) is 74.9 Å². The number of piperidine rings is 1. The van der Waals surface area contributed by atoms with Gasteiger partial charge in [-0.15, -0.1) is 0 Å². The van der Waals surface area contributed by atoms with Crippen LogP contribution in [0.15, 0.2) is 48.5 Å². The lowest BCUT2D eigenvalue weighted by Crippen LogP contribution is -2.49. The van der Waals surface area contributed by atoms with Crippen molar-refractivity contribution in [2.75, 3.05) is 26.8 Å². The van der Waals surface area contributed by atoms with Gasteiger partial charge in [-0.2, -0.15) is 13.2 Å². The second-order valence-corrected chi connectivity index (χ2v) is 11.0. The Morgan fingerprint density at radius 3 is 2.59 bits per heavy atom. The van der Waals surface area contributed by atoms with Gasteiger partial charge in [-0.3, -0.25) is 4.79 Å². The quantitative estimate of drug-likeness (QED) is 0.395. The van der Waals surface area contributed by atoms with E-state index in [1.165, 1.54) is 6.07 Å². The molecule has 5 atom stereocenters. The number of hydrogen-bond acceptors (Lipinski definition) is 5. The van der Waals surface area contributed by atoms with Crippen molar-refractivity contribution in [3.63, 3.8) is 0 Å². The van der Waals surface area contributed by atoms with Crippen LogP contribution in [0.1, 0.15) is 56.1 Å². The molecule has 2 aliphatic rings. The van der Waals surface area contributed by atoms with Crippen molar-refractivity contribution in [1.29, 1.82) is 0 Å². The molecule has 2 aromatic rings. The molecule has 4 N–H and O–H groups in total. The van der Waals surface area contributed by atoms with Crippen LogP contribution in [0, 0.1) is 11.8 Å². The molecule has 1 saturated carbocycles. The summed E-state index contributed by atoms with van der Waals surface area (Å²) in [6, 6.07) is 11.8. The van der Waals surface area contributed by atoms with Crippen molar-refractivity contribution in [2.45, 2.75) is 68.9 Å². The van der Waals surface area contributed by atoms with E-state index >= 15 is 0 Å². The van der Waals surface area contributed by atoms with Crippen LogP contribution in [-0.2, 0) is 21.3 Å². The molecule has 39 heavy (non-hydrogen) atoms. The molecule has 2 fully saturated rings. The minimum atomic E-state index is -4.48. The van der Waals surface area contributed by atoms with Crippen LogP contribution in [0.5, 0.6) is 0 Å². The van der Waals surface area contributed by atoms with E-state index in [-0.39, 0.29) is 17.7 Å². The molecule has 5 unspecified atom stereocenters. The molecule has 0 radical (unpaired) electrons. The Hall–Kier alpha value is -2.46. The number of carbonyl (C=O) groups is 1. The fourth-order valence-electron chi connectivity index (χ4n) is 6.25. The summed E-state index contributed by atoms with van der Waals surface area (Å²) in [6.45, 7) is 1.43. The van der Waals surface area contributed by atoms with E-state index in [1.807, 2.05) is 0 Å². The third kappa shape index (κ3) is 6.65. The van der Waals surface area contributed by atoms with Crippen molar-refractivity contribution >= 4 is 5.91 Å². The average molecular weight is 549 g/mol. The zero-order valence-electron chi connectivity index (χ0n) is 22.4. The first-order valence-electron chi connectivity index (χ1n) is 13.8. The van der Waals surface area contributed by atoms with Crippen LogP contribution in [0.25, 0.3) is 11.1 Å². The standard InChI is InChI=1S/C30H39F3N2O4/c1-39-15-5-4-13-29(38,23-10-7-14-35(19-23)28(37)21-17-26(34)27(36)18-21)25-12-3-2-11-24(25)20-8-6-9-22(16-20)30(31,32)33/h2-3,6,8-9,11-12,16,21,23,26-27,36,38H,4-5,7,10,13-15,17-19,34H2,1H3. The van der Waals surface area contributed by atoms with Gasteiger partial charge < -0.3 is 25.6 Å². The number of unbranched alkanes of at least 4 members (excludes halogenated alkanes) is 1. The molecule has 1 aliphatic carbocycles. The zero-order valence-corrected chi connectivity index (χ0v) is 22.4. The molecule has 4 rings (SSSR count). The number of amides is 1. The van der Waals surface area contributed by atoms with Gasteiger partial charge in [0.1, 0.15) is 0 Å². The predicted molar refractivity (Wildman–Crippen MR) is 143 cm³/mol. The van der Waals surface area contributed by atoms with E-state index in [1.54, 1.807) is 42.3 Å². The first-order valence-corrected chi connectivity index (χ1v) is 13.8. The third-order valence-corrected chi connectivity index (χ3v) is 8.39. The Morgan fingerprint density at radius 2 is 1.90 bits per heavy atom. The topological polar surface area (TPSA) is 96.0 Å². The van der Waals surface area contributed by atoms with E-state index in [0.717, 1.165) is 18.6 Å². The van der Waals surface area contributed by atoms with Crippen molar-refractivity contribution in [1.82, 2.24) is 4.90 Å². The number of methoxy groups -OCH3 is 1. The van der Waals surface area contributed by atoms with Crippen LogP contribution in [0.4, 0.5) is 13.2 Å². The van der Waals surface area contributed by atoms with Crippen molar-refractivity contribution in [3.05, 3.63) is 59.7 Å². The van der Waals surface area contributed by atoms with Gasteiger partial charge in [-0.1, -0.05) is 36.4 Å². The molecule has 1 aliphatic heterocycles. The lowest BCUT2D eigenvalue weighted by molar-refractivity contribution is -0.141. The van der Waals surface area contributed by atoms with Crippen LogP contribution in [0.2, 0.25) is 0 Å². The molecule has 0 bridgehead atoms. The Morgan fingerprint density at radius 1 is 1.13 bits per heavy atom. The highest BCUT2D eigenvalue weighted by Crippen LogP contribution is 2.44. The number of hydrogen-bond donors (Lipinski definition) is 3. The number of likely N-dealkylation sites (tertiary alicyclic amines) is 1. The van der Waals surface area contributed by atoms with Gasteiger partial charge in [0.15, 0.2) is 0 Å². The molecule has 0 spiro atoms. The molecule has 2 aromatic carbocycles. The SMILES string of the molecule is COCCCCC(O)(c1ccccc1-c1cccc(C(F)(F)F)c1)C1CCCN(C(=O)C2CC(N)C(O)C2)C1. The number of nitrogens with two attached hydrogens (primary N) is 1. The predicted octanol–water partition coefficient (Wildman–Crippen LogP) is 4.71. The summed E-state index contributed by atoms with van der Waals surface area (Å²) in [5.41, 5.74) is 5.34. The van der Waals surface area contributed by atoms with Gasteiger partial charge in [-0.25, -0.2) is 0 Å². The molecule has 1 saturated heterocycles. The highest BCUT2D eigenvalue weighted by atomic mass is 19.4. The van der Waals surface area contributed by atoms with Gasteiger partial charge in [-0.05, 0) is 73.8 Å². The number of nitrogens with zero attached hydrogens (tertiary/aromatic N) is 1. The second kappa shape index (κ2) is 12.4. The number of rotatable bonds is 9. The number of alkyl halides is 3. The normalized spacial score (nSPS) is 25.5. The van der Waals surface area contributed by atoms with Crippen LogP contribution >= 0.6 is 0 Å². The number of aliphatic hydroxyl groups excluding tert-OH is 1. The molecular weight excluding hydrogens is 509 g/mol. The average Bonchev–Trinajstić information content (AvgIpc) is 3.28. The summed E-state index contributed by atoms with van der Waals surface area (Å²) in [5.74, 6) is -0.717. The summed E-state index contributed by atoms with van der Waals surface area (Å²) in [5, 5.41) is 22.5. The minimum absolute atomic E-state index is 0.0559. The Kier molecular flexibility index (Phi) is 9.37. The fraction of sp³-hybridized carbons (Fsp3) is 0.567. The van der Waals surface area contributed by atoms with Gasteiger partial charge in [0.2, 0.25) is 5.91 Å². The van der Waals surface area contributed by atoms with Crippen molar-refractivity contribution in [2.24, 2.45) is 17.6 Å². The maximum Gasteiger partial charge on any atom is 0.416 e. The Labute approximate surface area is 228 Å². The Bertz CT molecular complexity index is 1120. The van der Waals surface area contributed by atoms with Gasteiger partial charge in [0.05, 0.1) is 17.3 Å². The summed E-state index contributed by atoms with van der Waals surface area (Å²) >= 11 is 0. The molecule has 0 aromatic heterocycles. The Balaban J connectivity index is 1.67. The van der Waals surface area contributed by atoms with E-state index in [2.05, 4.69) is 0 Å². The number of benzene rings is 2. The maximum absolute atomic E-state index is 13.5. The maximum atomic E-state index is 13.5. The van der Waals surface area contributed by atoms with Crippen LogP contribution in [0.3, 0.4) is 0 Å². The van der Waals surface area contributed by atoms with E-state index in [9.17, 15) is 28.2 Å². The molecule has 9 heteroatoms. The van der Waals surface area contributed by atoms with Crippen LogP contribution in [-0.4, -0.2) is 60.0 Å². The third-order valence-electron chi connectivity index (χ3n) is 8.39. The first kappa shape index (κ1) is 29.5. The highest BCUT2D eigenvalue weighted by Gasteiger charge is 2.44. The summed E-state index contributed by atoms with van der Waals surface area (Å²) in [6.07, 6.45) is -1.29. The lowest BCUT2D eigenvalue weighted by Gasteiger charge is -2.44. The molecule has 214 valence electrons. The fourth-order valence-corrected chi connectivity index (χ4v) is 6.25. The van der Waals surface area contributed by atoms with Gasteiger partial charge in [0.25, 0.3) is 0 Å². The van der Waals surface area contributed by atoms with Gasteiger partial charge >= 0.3 is 6.18 Å². The number of ether oxygens (including phenoxy) is 1. The van der Waals surface area contributed by atoms with E-state index < -0.39 is 29.5 Å². The first-order chi connectivity index (χ1) is 18.5. The smallest absolute Gasteiger partial charge is 0.391 e. The minimum Gasteiger partial charge on any atom is -0.391 e.